The molecule has 86 valence electrons. The highest BCUT2D eigenvalue weighted by Crippen LogP contribution is 2.17. The zero-order valence-corrected chi connectivity index (χ0v) is 9.21. The van der Waals surface area contributed by atoms with Crippen molar-refractivity contribution in [1.82, 2.24) is 9.88 Å². The van der Waals surface area contributed by atoms with E-state index in [9.17, 15) is 4.79 Å². The molecule has 2 rings (SSSR count). The molecule has 5 nitrogen and oxygen atoms in total. The molecular formula is C11H15N3O2. The molecule has 1 saturated heterocycles. The van der Waals surface area contributed by atoms with E-state index in [1.165, 1.54) is 4.90 Å². The van der Waals surface area contributed by atoms with Gasteiger partial charge in [-0.3, -0.25) is 4.98 Å². The van der Waals surface area contributed by atoms with Gasteiger partial charge in [0.05, 0.1) is 11.9 Å². The van der Waals surface area contributed by atoms with Crippen LogP contribution in [0.25, 0.3) is 0 Å². The summed E-state index contributed by atoms with van der Waals surface area (Å²) in [6.45, 7) is 3.92. The Balaban J connectivity index is 2.05. The zero-order valence-electron chi connectivity index (χ0n) is 9.21. The maximum absolute atomic E-state index is 10.9. The van der Waals surface area contributed by atoms with Crippen molar-refractivity contribution < 1.29 is 9.90 Å². The number of carbonyl (C=O) groups is 1. The lowest BCUT2D eigenvalue weighted by Gasteiger charge is -2.39. The third-order valence-corrected chi connectivity index (χ3v) is 2.88. The molecule has 1 N–H and O–H groups in total. The van der Waals surface area contributed by atoms with Crippen LogP contribution in [-0.4, -0.2) is 46.8 Å². The van der Waals surface area contributed by atoms with Crippen LogP contribution in [0.5, 0.6) is 0 Å². The maximum atomic E-state index is 10.9. The Morgan fingerprint density at radius 2 is 2.38 bits per heavy atom. The third-order valence-electron chi connectivity index (χ3n) is 2.88. The molecule has 1 aliphatic heterocycles. The van der Waals surface area contributed by atoms with Crippen LogP contribution in [0.2, 0.25) is 0 Å². The van der Waals surface area contributed by atoms with Gasteiger partial charge in [0, 0.05) is 31.9 Å². The summed E-state index contributed by atoms with van der Waals surface area (Å²) in [5, 5.41) is 8.96. The zero-order chi connectivity index (χ0) is 11.5. The Hall–Kier alpha value is -1.78. The number of nitrogens with zero attached hydrogens (tertiary/aromatic N) is 3. The van der Waals surface area contributed by atoms with Gasteiger partial charge in [-0.15, -0.1) is 0 Å². The van der Waals surface area contributed by atoms with Crippen molar-refractivity contribution in [3.63, 3.8) is 0 Å². The summed E-state index contributed by atoms with van der Waals surface area (Å²) >= 11 is 0. The molecule has 0 saturated carbocycles. The minimum atomic E-state index is -0.835. The molecule has 0 bridgehead atoms. The van der Waals surface area contributed by atoms with Gasteiger partial charge in [-0.2, -0.15) is 0 Å². The van der Waals surface area contributed by atoms with Gasteiger partial charge in [0.1, 0.15) is 0 Å². The van der Waals surface area contributed by atoms with Gasteiger partial charge >= 0.3 is 6.09 Å². The number of hydrogen-bond acceptors (Lipinski definition) is 3. The first-order valence-electron chi connectivity index (χ1n) is 5.33. The molecule has 0 spiro atoms. The van der Waals surface area contributed by atoms with E-state index in [1.807, 2.05) is 25.3 Å². The highest BCUT2D eigenvalue weighted by Gasteiger charge is 2.26. The van der Waals surface area contributed by atoms with Gasteiger partial charge in [-0.05, 0) is 19.1 Å². The van der Waals surface area contributed by atoms with Crippen LogP contribution >= 0.6 is 0 Å². The average Bonchev–Trinajstić information content (AvgIpc) is 2.29. The first-order chi connectivity index (χ1) is 7.68. The minimum Gasteiger partial charge on any atom is -0.465 e. The van der Waals surface area contributed by atoms with E-state index in [0.717, 1.165) is 18.8 Å². The average molecular weight is 221 g/mol. The first-order valence-corrected chi connectivity index (χ1v) is 5.33. The van der Waals surface area contributed by atoms with E-state index < -0.39 is 6.09 Å². The fraction of sp³-hybridized carbons (Fsp3) is 0.455. The molecule has 0 aliphatic carbocycles. The molecule has 1 unspecified atom stereocenters. The topological polar surface area (TPSA) is 56.7 Å². The lowest BCUT2D eigenvalue weighted by molar-refractivity contribution is 0.122. The summed E-state index contributed by atoms with van der Waals surface area (Å²) in [6.07, 6.45) is 2.71. The van der Waals surface area contributed by atoms with E-state index >= 15 is 0 Å². The highest BCUT2D eigenvalue weighted by molar-refractivity contribution is 5.66. The quantitative estimate of drug-likeness (QED) is 0.776. The standard InChI is InChI=1S/C11H15N3O2/c1-9-8-13(5-6-14(9)11(15)16)10-3-2-4-12-7-10/h2-4,7,9H,5-6,8H2,1H3,(H,15,16). The van der Waals surface area contributed by atoms with Crippen molar-refractivity contribution in [1.29, 1.82) is 0 Å². The van der Waals surface area contributed by atoms with E-state index in [1.54, 1.807) is 6.20 Å². The van der Waals surface area contributed by atoms with Crippen LogP contribution in [-0.2, 0) is 0 Å². The van der Waals surface area contributed by atoms with Crippen LogP contribution in [0, 0.1) is 0 Å². The second-order valence-electron chi connectivity index (χ2n) is 3.98. The Labute approximate surface area is 94.3 Å². The molecule has 0 aromatic carbocycles. The smallest absolute Gasteiger partial charge is 0.407 e. The summed E-state index contributed by atoms with van der Waals surface area (Å²) in [4.78, 5) is 18.6. The predicted molar refractivity (Wildman–Crippen MR) is 60.6 cm³/mol. The molecule has 1 aromatic rings. The second kappa shape index (κ2) is 4.38. The Morgan fingerprint density at radius 3 is 2.94 bits per heavy atom. The first kappa shape index (κ1) is 10.7. The van der Waals surface area contributed by atoms with Crippen molar-refractivity contribution in [3.8, 4) is 0 Å². The summed E-state index contributed by atoms with van der Waals surface area (Å²) in [6, 6.07) is 3.91. The number of anilines is 1. The van der Waals surface area contributed by atoms with E-state index in [2.05, 4.69) is 9.88 Å². The number of pyridine rings is 1. The van der Waals surface area contributed by atoms with E-state index in [4.69, 9.17) is 5.11 Å². The largest absolute Gasteiger partial charge is 0.465 e. The van der Waals surface area contributed by atoms with Gasteiger partial charge in [0.2, 0.25) is 0 Å². The Morgan fingerprint density at radius 1 is 1.56 bits per heavy atom. The normalized spacial score (nSPS) is 20.9. The van der Waals surface area contributed by atoms with Crippen LogP contribution < -0.4 is 4.90 Å². The highest BCUT2D eigenvalue weighted by atomic mass is 16.4. The molecule has 1 aromatic heterocycles. The molecule has 1 amide bonds. The van der Waals surface area contributed by atoms with E-state index in [0.29, 0.717) is 6.54 Å². The number of carboxylic acid groups (broad SMARTS) is 1. The van der Waals surface area contributed by atoms with Crippen molar-refractivity contribution in [2.75, 3.05) is 24.5 Å². The molecule has 0 radical (unpaired) electrons. The number of rotatable bonds is 1. The van der Waals surface area contributed by atoms with Crippen molar-refractivity contribution in [3.05, 3.63) is 24.5 Å². The van der Waals surface area contributed by atoms with Gasteiger partial charge in [-0.1, -0.05) is 0 Å². The van der Waals surface area contributed by atoms with Gasteiger partial charge in [0.15, 0.2) is 0 Å². The van der Waals surface area contributed by atoms with Gasteiger partial charge < -0.3 is 14.9 Å². The molecular weight excluding hydrogens is 206 g/mol. The number of piperazine rings is 1. The van der Waals surface area contributed by atoms with Gasteiger partial charge in [-0.25, -0.2) is 4.79 Å². The van der Waals surface area contributed by atoms with Crippen LogP contribution in [0.1, 0.15) is 6.92 Å². The summed E-state index contributed by atoms with van der Waals surface area (Å²) < 4.78 is 0. The number of aromatic nitrogens is 1. The molecule has 1 fully saturated rings. The van der Waals surface area contributed by atoms with Crippen LogP contribution in [0.15, 0.2) is 24.5 Å². The summed E-state index contributed by atoms with van der Waals surface area (Å²) in [5.74, 6) is 0. The number of amides is 1. The maximum Gasteiger partial charge on any atom is 0.407 e. The van der Waals surface area contributed by atoms with Crippen molar-refractivity contribution in [2.24, 2.45) is 0 Å². The monoisotopic (exact) mass is 221 g/mol. The number of hydrogen-bond donors (Lipinski definition) is 1. The Bertz CT molecular complexity index is 369. The lowest BCUT2D eigenvalue weighted by Crippen LogP contribution is -2.53. The fourth-order valence-electron chi connectivity index (χ4n) is 2.02. The molecule has 1 aliphatic rings. The fourth-order valence-corrected chi connectivity index (χ4v) is 2.02. The molecule has 5 heteroatoms. The van der Waals surface area contributed by atoms with Crippen LogP contribution in [0.4, 0.5) is 10.5 Å². The predicted octanol–water partition coefficient (Wildman–Crippen LogP) is 1.27. The molecule has 1 atom stereocenters. The van der Waals surface area contributed by atoms with E-state index in [-0.39, 0.29) is 6.04 Å². The SMILES string of the molecule is CC1CN(c2cccnc2)CCN1C(=O)O. The third kappa shape index (κ3) is 2.08. The lowest BCUT2D eigenvalue weighted by atomic mass is 10.2. The molecule has 16 heavy (non-hydrogen) atoms. The molecule has 2 heterocycles. The minimum absolute atomic E-state index is 0.0199. The van der Waals surface area contributed by atoms with Gasteiger partial charge in [0.25, 0.3) is 0 Å². The van der Waals surface area contributed by atoms with Crippen LogP contribution in [0.3, 0.4) is 0 Å². The van der Waals surface area contributed by atoms with Crippen molar-refractivity contribution in [2.45, 2.75) is 13.0 Å². The summed E-state index contributed by atoms with van der Waals surface area (Å²) in [5.41, 5.74) is 1.05. The summed E-state index contributed by atoms with van der Waals surface area (Å²) in [7, 11) is 0. The Kier molecular flexibility index (Phi) is 2.94. The van der Waals surface area contributed by atoms with Crippen molar-refractivity contribution >= 4 is 11.8 Å². The second-order valence-corrected chi connectivity index (χ2v) is 3.98.